The Bertz CT molecular complexity index is 644. The number of nitrogens with one attached hydrogen (secondary N) is 1. The lowest BCUT2D eigenvalue weighted by molar-refractivity contribution is 0.177. The van der Waals surface area contributed by atoms with E-state index in [0.29, 0.717) is 10.8 Å². The molecule has 2 atom stereocenters. The number of sulfonamides is 1. The lowest BCUT2D eigenvalue weighted by Crippen LogP contribution is -2.40. The summed E-state index contributed by atoms with van der Waals surface area (Å²) in [7, 11) is -1.85. The first-order chi connectivity index (χ1) is 10.0. The molecule has 1 fully saturated rings. The third-order valence-corrected chi connectivity index (χ3v) is 5.70. The highest BCUT2D eigenvalue weighted by molar-refractivity contribution is 7.89. The SMILES string of the molecule is COC1CC1c1cc(C(C)C)ccc1S(=O)(=O)NC(C)(C)C. The monoisotopic (exact) mass is 325 g/mol. The number of hydrogen-bond donors (Lipinski definition) is 1. The van der Waals surface area contributed by atoms with Gasteiger partial charge < -0.3 is 4.74 Å². The number of ether oxygens (including phenoxy) is 1. The average molecular weight is 325 g/mol. The summed E-state index contributed by atoms with van der Waals surface area (Å²) in [6, 6.07) is 5.69. The van der Waals surface area contributed by atoms with Crippen LogP contribution in [0.5, 0.6) is 0 Å². The predicted octanol–water partition coefficient (Wildman–Crippen LogP) is 3.39. The number of rotatable bonds is 5. The molecule has 1 aromatic rings. The summed E-state index contributed by atoms with van der Waals surface area (Å²) < 4.78 is 33.6. The first-order valence-corrected chi connectivity index (χ1v) is 9.24. The second-order valence-corrected chi connectivity index (χ2v) is 9.07. The standard InChI is InChI=1S/C17H27NO3S/c1-11(2)12-7-8-16(22(19,20)18-17(3,4)5)14(9-12)13-10-15(13)21-6/h7-9,11,13,15,18H,10H2,1-6H3. The van der Waals surface area contributed by atoms with Crippen molar-refractivity contribution in [3.63, 3.8) is 0 Å². The summed E-state index contributed by atoms with van der Waals surface area (Å²) in [5.74, 6) is 0.543. The summed E-state index contributed by atoms with van der Waals surface area (Å²) in [5, 5.41) is 0. The molecule has 2 unspecified atom stereocenters. The van der Waals surface area contributed by atoms with Crippen molar-refractivity contribution in [2.24, 2.45) is 0 Å². The van der Waals surface area contributed by atoms with E-state index in [1.165, 1.54) is 0 Å². The predicted molar refractivity (Wildman–Crippen MR) is 88.8 cm³/mol. The Kier molecular flexibility index (Phi) is 4.71. The Balaban J connectivity index is 2.47. The summed E-state index contributed by atoms with van der Waals surface area (Å²) in [4.78, 5) is 0.386. The summed E-state index contributed by atoms with van der Waals surface area (Å²) in [5.41, 5.74) is 1.54. The highest BCUT2D eigenvalue weighted by Gasteiger charge is 2.42. The Morgan fingerprint density at radius 3 is 2.36 bits per heavy atom. The van der Waals surface area contributed by atoms with Crippen LogP contribution in [0.2, 0.25) is 0 Å². The molecule has 1 aromatic carbocycles. The maximum absolute atomic E-state index is 12.7. The molecule has 22 heavy (non-hydrogen) atoms. The lowest BCUT2D eigenvalue weighted by atomic mass is 9.99. The maximum atomic E-state index is 12.7. The van der Waals surface area contributed by atoms with Crippen LogP contribution >= 0.6 is 0 Å². The van der Waals surface area contributed by atoms with Gasteiger partial charge in [0, 0.05) is 18.6 Å². The van der Waals surface area contributed by atoms with E-state index in [1.54, 1.807) is 13.2 Å². The molecular formula is C17H27NO3S. The van der Waals surface area contributed by atoms with E-state index in [9.17, 15) is 8.42 Å². The molecule has 124 valence electrons. The molecule has 1 N–H and O–H groups in total. The van der Waals surface area contributed by atoms with Crippen LogP contribution in [0.15, 0.2) is 23.1 Å². The zero-order valence-corrected chi connectivity index (χ0v) is 15.1. The minimum Gasteiger partial charge on any atom is -0.381 e. The molecular weight excluding hydrogens is 298 g/mol. The van der Waals surface area contributed by atoms with E-state index in [-0.39, 0.29) is 12.0 Å². The smallest absolute Gasteiger partial charge is 0.241 e. The largest absolute Gasteiger partial charge is 0.381 e. The van der Waals surface area contributed by atoms with E-state index in [0.717, 1.165) is 17.5 Å². The van der Waals surface area contributed by atoms with Crippen LogP contribution in [-0.2, 0) is 14.8 Å². The van der Waals surface area contributed by atoms with Crippen molar-refractivity contribution in [1.29, 1.82) is 0 Å². The highest BCUT2D eigenvalue weighted by Crippen LogP contribution is 2.46. The molecule has 5 heteroatoms. The molecule has 0 bridgehead atoms. The van der Waals surface area contributed by atoms with Gasteiger partial charge in [0.05, 0.1) is 11.0 Å². The van der Waals surface area contributed by atoms with Crippen LogP contribution in [0, 0.1) is 0 Å². The van der Waals surface area contributed by atoms with Crippen molar-refractivity contribution >= 4 is 10.0 Å². The molecule has 1 saturated carbocycles. The normalized spacial score (nSPS) is 22.1. The molecule has 0 heterocycles. The summed E-state index contributed by atoms with van der Waals surface area (Å²) in [6.45, 7) is 9.77. The van der Waals surface area contributed by atoms with Crippen molar-refractivity contribution in [2.45, 2.75) is 69.4 Å². The van der Waals surface area contributed by atoms with E-state index in [4.69, 9.17) is 4.74 Å². The first-order valence-electron chi connectivity index (χ1n) is 7.76. The van der Waals surface area contributed by atoms with Crippen LogP contribution in [0.3, 0.4) is 0 Å². The van der Waals surface area contributed by atoms with Crippen molar-refractivity contribution in [3.05, 3.63) is 29.3 Å². The Labute approximate surface area is 134 Å². The molecule has 1 aliphatic rings. The van der Waals surface area contributed by atoms with Crippen LogP contribution in [0.1, 0.15) is 64.0 Å². The van der Waals surface area contributed by atoms with E-state index < -0.39 is 15.6 Å². The zero-order chi connectivity index (χ0) is 16.7. The van der Waals surface area contributed by atoms with Gasteiger partial charge in [-0.2, -0.15) is 0 Å². The molecule has 0 spiro atoms. The van der Waals surface area contributed by atoms with Gasteiger partial charge in [-0.15, -0.1) is 0 Å². The number of benzene rings is 1. The van der Waals surface area contributed by atoms with E-state index >= 15 is 0 Å². The van der Waals surface area contributed by atoms with Crippen LogP contribution in [-0.4, -0.2) is 27.2 Å². The molecule has 0 aromatic heterocycles. The zero-order valence-electron chi connectivity index (χ0n) is 14.3. The second-order valence-electron chi connectivity index (χ2n) is 7.42. The van der Waals surface area contributed by atoms with Gasteiger partial charge in [0.25, 0.3) is 0 Å². The van der Waals surface area contributed by atoms with Gasteiger partial charge in [-0.05, 0) is 50.3 Å². The third kappa shape index (κ3) is 3.89. The van der Waals surface area contributed by atoms with Crippen molar-refractivity contribution in [3.8, 4) is 0 Å². The highest BCUT2D eigenvalue weighted by atomic mass is 32.2. The van der Waals surface area contributed by atoms with Gasteiger partial charge in [0.2, 0.25) is 10.0 Å². The van der Waals surface area contributed by atoms with Crippen LogP contribution in [0.25, 0.3) is 0 Å². The van der Waals surface area contributed by atoms with Gasteiger partial charge in [0.1, 0.15) is 0 Å². The Hall–Kier alpha value is -0.910. The van der Waals surface area contributed by atoms with E-state index in [2.05, 4.69) is 18.6 Å². The fraction of sp³-hybridized carbons (Fsp3) is 0.647. The first kappa shape index (κ1) is 17.4. The van der Waals surface area contributed by atoms with Crippen LogP contribution < -0.4 is 4.72 Å². The van der Waals surface area contributed by atoms with Gasteiger partial charge >= 0.3 is 0 Å². The molecule has 1 aliphatic carbocycles. The minimum atomic E-state index is -3.53. The Morgan fingerprint density at radius 1 is 1.27 bits per heavy atom. The van der Waals surface area contributed by atoms with Gasteiger partial charge in [-0.1, -0.05) is 26.0 Å². The Morgan fingerprint density at radius 2 is 1.91 bits per heavy atom. The van der Waals surface area contributed by atoms with Gasteiger partial charge in [-0.3, -0.25) is 0 Å². The average Bonchev–Trinajstić information content (AvgIpc) is 3.14. The molecule has 0 amide bonds. The summed E-state index contributed by atoms with van der Waals surface area (Å²) in [6.07, 6.45) is 1.02. The van der Waals surface area contributed by atoms with Crippen LogP contribution in [0.4, 0.5) is 0 Å². The quantitative estimate of drug-likeness (QED) is 0.903. The fourth-order valence-electron chi connectivity index (χ4n) is 2.68. The molecule has 2 rings (SSSR count). The second kappa shape index (κ2) is 5.95. The van der Waals surface area contributed by atoms with Crippen molar-refractivity contribution in [2.75, 3.05) is 7.11 Å². The molecule has 0 aliphatic heterocycles. The van der Waals surface area contributed by atoms with E-state index in [1.807, 2.05) is 32.9 Å². The summed E-state index contributed by atoms with van der Waals surface area (Å²) >= 11 is 0. The topological polar surface area (TPSA) is 55.4 Å². The van der Waals surface area contributed by atoms with Crippen molar-refractivity contribution in [1.82, 2.24) is 4.72 Å². The van der Waals surface area contributed by atoms with Gasteiger partial charge in [-0.25, -0.2) is 13.1 Å². The maximum Gasteiger partial charge on any atom is 0.241 e. The van der Waals surface area contributed by atoms with Crippen molar-refractivity contribution < 1.29 is 13.2 Å². The lowest BCUT2D eigenvalue weighted by Gasteiger charge is -2.22. The third-order valence-electron chi connectivity index (χ3n) is 3.86. The van der Waals surface area contributed by atoms with Gasteiger partial charge in [0.15, 0.2) is 0 Å². The fourth-order valence-corrected chi connectivity index (χ4v) is 4.36. The molecule has 4 nitrogen and oxygen atoms in total. The number of hydrogen-bond acceptors (Lipinski definition) is 3. The molecule has 0 radical (unpaired) electrons. The number of methoxy groups -OCH3 is 1. The molecule has 0 saturated heterocycles. The minimum absolute atomic E-state index is 0.131.